The molecule has 0 unspecified atom stereocenters. The number of carbonyl (C=O) groups excluding carboxylic acids is 2. The molecule has 0 saturated heterocycles. The SMILES string of the molecule is C.CC(C)n1cc(-c2ccnc(N)n2)c2ccncc21.COc1ccc(C(=O)NC2CCCCC2)cc1Br.COc1ccc(C(=O)NC2CCCCC2)cc1Nc1nccc(-c2cn(C(C)C)c3cnccc23)n1. The summed E-state index contributed by atoms with van der Waals surface area (Å²) in [5.74, 6) is 2.00. The van der Waals surface area contributed by atoms with Crippen LogP contribution in [-0.4, -0.2) is 77.2 Å². The molecule has 2 amide bonds. The van der Waals surface area contributed by atoms with Crippen molar-refractivity contribution in [1.29, 1.82) is 0 Å². The molecule has 10 rings (SSSR count). The summed E-state index contributed by atoms with van der Waals surface area (Å²) in [7, 11) is 3.22. The van der Waals surface area contributed by atoms with Crippen molar-refractivity contribution in [3.63, 3.8) is 0 Å². The van der Waals surface area contributed by atoms with E-state index in [0.717, 1.165) is 80.2 Å². The van der Waals surface area contributed by atoms with E-state index in [-0.39, 0.29) is 37.3 Å². The van der Waals surface area contributed by atoms with Crippen molar-refractivity contribution in [2.45, 2.75) is 123 Å². The summed E-state index contributed by atoms with van der Waals surface area (Å²) in [6, 6.07) is 19.8. The zero-order valence-corrected chi connectivity index (χ0v) is 44.0. The molecule has 6 aromatic heterocycles. The highest BCUT2D eigenvalue weighted by Crippen LogP contribution is 2.34. The normalized spacial score (nSPS) is 13.8. The second kappa shape index (κ2) is 25.5. The highest BCUT2D eigenvalue weighted by Gasteiger charge is 2.21. The van der Waals surface area contributed by atoms with Gasteiger partial charge in [-0.15, -0.1) is 0 Å². The number of ether oxygens (including phenoxy) is 2. The number of amides is 2. The monoisotopic (exact) mass is 1060 g/mol. The van der Waals surface area contributed by atoms with Crippen LogP contribution >= 0.6 is 15.9 Å². The van der Waals surface area contributed by atoms with Crippen molar-refractivity contribution in [3.05, 3.63) is 126 Å². The van der Waals surface area contributed by atoms with E-state index >= 15 is 0 Å². The van der Waals surface area contributed by atoms with Gasteiger partial charge in [0, 0.05) is 94.4 Å². The molecule has 17 heteroatoms. The molecule has 2 saturated carbocycles. The lowest BCUT2D eigenvalue weighted by Crippen LogP contribution is -2.36. The number of pyridine rings is 2. The summed E-state index contributed by atoms with van der Waals surface area (Å²) in [5, 5.41) is 11.8. The Balaban J connectivity index is 0.000000177. The molecule has 388 valence electrons. The predicted molar refractivity (Wildman–Crippen MR) is 299 cm³/mol. The predicted octanol–water partition coefficient (Wildman–Crippen LogP) is 12.7. The number of nitrogens with one attached hydrogen (secondary N) is 3. The van der Waals surface area contributed by atoms with Gasteiger partial charge in [-0.05, 0) is 130 Å². The third-order valence-electron chi connectivity index (χ3n) is 13.3. The third-order valence-corrected chi connectivity index (χ3v) is 13.9. The molecule has 0 bridgehead atoms. The Bertz CT molecular complexity index is 3160. The molecule has 8 aromatic rings. The smallest absolute Gasteiger partial charge is 0.251 e. The minimum Gasteiger partial charge on any atom is -0.496 e. The Kier molecular flexibility index (Phi) is 18.7. The van der Waals surface area contributed by atoms with Crippen molar-refractivity contribution < 1.29 is 19.1 Å². The second-order valence-corrected chi connectivity index (χ2v) is 19.8. The van der Waals surface area contributed by atoms with Crippen molar-refractivity contribution in [3.8, 4) is 34.0 Å². The summed E-state index contributed by atoms with van der Waals surface area (Å²) in [4.78, 5) is 51.0. The van der Waals surface area contributed by atoms with Gasteiger partial charge in [0.15, 0.2) is 0 Å². The maximum absolute atomic E-state index is 12.9. The van der Waals surface area contributed by atoms with Crippen LogP contribution in [0.2, 0.25) is 0 Å². The van der Waals surface area contributed by atoms with Crippen LogP contribution in [0.25, 0.3) is 44.3 Å². The van der Waals surface area contributed by atoms with Crippen LogP contribution in [0, 0.1) is 0 Å². The lowest BCUT2D eigenvalue weighted by atomic mass is 9.95. The first-order valence-electron chi connectivity index (χ1n) is 25.1. The number of fused-ring (bicyclic) bond motifs is 2. The fourth-order valence-electron chi connectivity index (χ4n) is 9.46. The number of anilines is 3. The highest BCUT2D eigenvalue weighted by molar-refractivity contribution is 9.10. The van der Waals surface area contributed by atoms with E-state index in [9.17, 15) is 9.59 Å². The summed E-state index contributed by atoms with van der Waals surface area (Å²) < 4.78 is 15.9. The van der Waals surface area contributed by atoms with Gasteiger partial charge >= 0.3 is 0 Å². The number of hydrogen-bond donors (Lipinski definition) is 4. The Morgan fingerprint density at radius 3 is 1.61 bits per heavy atom. The number of halogens is 1. The van der Waals surface area contributed by atoms with Crippen molar-refractivity contribution in [2.75, 3.05) is 25.3 Å². The largest absolute Gasteiger partial charge is 0.496 e. The van der Waals surface area contributed by atoms with Crippen LogP contribution in [0.4, 0.5) is 17.6 Å². The van der Waals surface area contributed by atoms with E-state index in [1.807, 2.05) is 36.7 Å². The molecule has 2 aliphatic rings. The Hall–Kier alpha value is -7.40. The standard InChI is InChI=1S/C28H32N6O2.C14H18BrNO2.C14H15N5.CH4/c1-18(2)34-17-22(21-11-13-29-16-25(21)34)23-12-14-30-28(32-23)33-24-15-19(9-10-26(24)36-3)27(35)31-20-7-5-4-6-8-20;1-18-13-8-7-10(9-12(13)15)14(17)16-11-5-3-2-4-6-11;1-9(2)19-8-11(10-3-5-16-7-13(10)19)12-4-6-17-14(15)18-12;/h9-18,20H,4-8H2,1-3H3,(H,31,35)(H,30,32,33);7-9,11H,2-6H2,1H3,(H,16,17);3-9H,1-2H3,(H2,15,17,18);1H4. The molecule has 5 N–H and O–H groups in total. The number of benzene rings is 2. The number of rotatable bonds is 12. The molecule has 74 heavy (non-hydrogen) atoms. The first kappa shape index (κ1) is 54.4. The highest BCUT2D eigenvalue weighted by atomic mass is 79.9. The minimum absolute atomic E-state index is 0. The molecule has 16 nitrogen and oxygen atoms in total. The van der Waals surface area contributed by atoms with E-state index in [0.29, 0.717) is 40.6 Å². The Morgan fingerprint density at radius 1 is 0.635 bits per heavy atom. The maximum Gasteiger partial charge on any atom is 0.251 e. The minimum atomic E-state index is -0.0719. The number of nitrogens with two attached hydrogens (primary N) is 1. The maximum atomic E-state index is 12.9. The van der Waals surface area contributed by atoms with Crippen LogP contribution in [0.1, 0.15) is 132 Å². The number of nitrogen functional groups attached to an aromatic ring is 1. The zero-order valence-electron chi connectivity index (χ0n) is 42.4. The van der Waals surface area contributed by atoms with Gasteiger partial charge in [-0.2, -0.15) is 0 Å². The summed E-state index contributed by atoms with van der Waals surface area (Å²) in [6.45, 7) is 8.58. The molecule has 2 fully saturated rings. The zero-order chi connectivity index (χ0) is 51.4. The Labute approximate surface area is 442 Å². The fourth-order valence-corrected chi connectivity index (χ4v) is 10.00. The molecule has 0 radical (unpaired) electrons. The number of methoxy groups -OCH3 is 2. The number of carbonyl (C=O) groups is 2. The molecule has 0 aliphatic heterocycles. The first-order valence-corrected chi connectivity index (χ1v) is 25.9. The molecule has 2 aromatic carbocycles. The van der Waals surface area contributed by atoms with Crippen LogP contribution < -0.4 is 31.2 Å². The topological polar surface area (TPSA) is 202 Å². The van der Waals surface area contributed by atoms with Gasteiger partial charge < -0.3 is 40.3 Å². The fraction of sp³-hybridized carbons (Fsp3) is 0.368. The number of hydrogen-bond acceptors (Lipinski definition) is 12. The lowest BCUT2D eigenvalue weighted by Gasteiger charge is -2.23. The first-order chi connectivity index (χ1) is 35.4. The Morgan fingerprint density at radius 2 is 1.12 bits per heavy atom. The van der Waals surface area contributed by atoms with Gasteiger partial charge in [0.25, 0.3) is 11.8 Å². The van der Waals surface area contributed by atoms with Gasteiger partial charge in [0.05, 0.1) is 59.2 Å². The molecule has 2 aliphatic carbocycles. The summed E-state index contributed by atoms with van der Waals surface area (Å²) >= 11 is 3.40. The van der Waals surface area contributed by atoms with Gasteiger partial charge in [0.2, 0.25) is 11.9 Å². The lowest BCUT2D eigenvalue weighted by molar-refractivity contribution is 0.0919. The van der Waals surface area contributed by atoms with Crippen LogP contribution in [-0.2, 0) is 0 Å². The number of aromatic nitrogens is 8. The van der Waals surface area contributed by atoms with Crippen LogP contribution in [0.5, 0.6) is 11.5 Å². The summed E-state index contributed by atoms with van der Waals surface area (Å²) in [6.07, 6.45) is 26.6. The van der Waals surface area contributed by atoms with E-state index in [2.05, 4.69) is 106 Å². The molecular formula is C57H69BrN12O4. The van der Waals surface area contributed by atoms with Gasteiger partial charge in [0.1, 0.15) is 11.5 Å². The van der Waals surface area contributed by atoms with Gasteiger partial charge in [-0.25, -0.2) is 19.9 Å². The van der Waals surface area contributed by atoms with E-state index in [4.69, 9.17) is 20.2 Å². The molecular weight excluding hydrogens is 997 g/mol. The third kappa shape index (κ3) is 13.2. The van der Waals surface area contributed by atoms with Gasteiger partial charge in [-0.1, -0.05) is 46.0 Å². The van der Waals surface area contributed by atoms with E-state index < -0.39 is 0 Å². The van der Waals surface area contributed by atoms with Crippen LogP contribution in [0.3, 0.4) is 0 Å². The van der Waals surface area contributed by atoms with Crippen LogP contribution in [0.15, 0.2) is 115 Å². The molecule has 0 spiro atoms. The van der Waals surface area contributed by atoms with Gasteiger partial charge in [-0.3, -0.25) is 19.6 Å². The number of nitrogens with zero attached hydrogens (tertiary/aromatic N) is 8. The second-order valence-electron chi connectivity index (χ2n) is 18.9. The van der Waals surface area contributed by atoms with Crippen molar-refractivity contribution in [2.24, 2.45) is 0 Å². The average Bonchev–Trinajstić information content (AvgIpc) is 4.00. The molecule has 0 atom stereocenters. The quantitative estimate of drug-likeness (QED) is 0.0903. The van der Waals surface area contributed by atoms with Crippen molar-refractivity contribution >= 4 is 67.1 Å². The molecule has 6 heterocycles. The van der Waals surface area contributed by atoms with E-state index in [1.54, 1.807) is 75.4 Å². The van der Waals surface area contributed by atoms with Crippen molar-refractivity contribution in [1.82, 2.24) is 49.7 Å². The average molecular weight is 1070 g/mol. The van der Waals surface area contributed by atoms with E-state index in [1.165, 1.54) is 38.5 Å². The summed E-state index contributed by atoms with van der Waals surface area (Å²) in [5.41, 5.74) is 13.4.